The third-order valence-corrected chi connectivity index (χ3v) is 5.81. The highest BCUT2D eigenvalue weighted by Gasteiger charge is 2.37. The first-order chi connectivity index (χ1) is 15.2. The molecule has 32 heavy (non-hydrogen) atoms. The van der Waals surface area contributed by atoms with Crippen LogP contribution in [0, 0.1) is 10.1 Å². The lowest BCUT2D eigenvalue weighted by molar-refractivity contribution is -0.384. The second kappa shape index (κ2) is 10.4. The van der Waals surface area contributed by atoms with Gasteiger partial charge in [-0.15, -0.1) is 5.10 Å². The van der Waals surface area contributed by atoms with Crippen molar-refractivity contribution in [1.29, 1.82) is 0 Å². The Morgan fingerprint density at radius 3 is 2.66 bits per heavy atom. The molecule has 1 fully saturated rings. The van der Waals surface area contributed by atoms with Gasteiger partial charge in [0.15, 0.2) is 6.29 Å². The van der Waals surface area contributed by atoms with Crippen LogP contribution in [0.25, 0.3) is 0 Å². The Morgan fingerprint density at radius 1 is 1.34 bits per heavy atom. The molecule has 0 radical (unpaired) electrons. The van der Waals surface area contributed by atoms with Crippen LogP contribution in [0.2, 0.25) is 0 Å². The summed E-state index contributed by atoms with van der Waals surface area (Å²) in [5, 5.41) is 59.4. The van der Waals surface area contributed by atoms with Crippen molar-refractivity contribution in [2.45, 2.75) is 56.5 Å². The van der Waals surface area contributed by atoms with E-state index in [4.69, 9.17) is 4.74 Å². The Balaban J connectivity index is 1.62. The van der Waals surface area contributed by atoms with Crippen molar-refractivity contribution < 1.29 is 30.1 Å². The van der Waals surface area contributed by atoms with Gasteiger partial charge in [-0.1, -0.05) is 5.21 Å². The van der Waals surface area contributed by atoms with Crippen LogP contribution >= 0.6 is 0 Å². The van der Waals surface area contributed by atoms with Gasteiger partial charge in [-0.05, 0) is 38.1 Å². The standard InChI is InChI=1S/C20H29N5O7/c1-12-9-16(19(28)20(29)32-12)23(2)8-7-14-10-24(22-21-14)17(11-26)18(27)13-3-5-15(6-4-13)25(30)31/h3-6,10,12,16-20,26-29H,7-9,11H2,1-2H3/t12-,16+,17-,18-,19-,20-/m1/s1. The molecular formula is C20H29N5O7. The average molecular weight is 451 g/mol. The fourth-order valence-electron chi connectivity index (χ4n) is 3.87. The minimum Gasteiger partial charge on any atom is -0.394 e. The molecule has 6 atom stereocenters. The lowest BCUT2D eigenvalue weighted by Crippen LogP contribution is -2.54. The van der Waals surface area contributed by atoms with Gasteiger partial charge in [0.2, 0.25) is 0 Å². The number of aliphatic hydroxyl groups excluding tert-OH is 4. The van der Waals surface area contributed by atoms with E-state index in [0.717, 1.165) is 0 Å². The maximum atomic E-state index is 10.8. The van der Waals surface area contributed by atoms with Gasteiger partial charge in [-0.2, -0.15) is 0 Å². The molecule has 1 aliphatic rings. The van der Waals surface area contributed by atoms with E-state index in [0.29, 0.717) is 30.6 Å². The lowest BCUT2D eigenvalue weighted by Gasteiger charge is -2.40. The molecule has 4 N–H and O–H groups in total. The molecule has 1 aliphatic heterocycles. The molecule has 0 aliphatic carbocycles. The number of non-ortho nitro benzene ring substituents is 1. The van der Waals surface area contributed by atoms with Crippen LogP contribution in [-0.4, -0.2) is 90.0 Å². The molecule has 12 heteroatoms. The first-order valence-corrected chi connectivity index (χ1v) is 10.4. The molecule has 176 valence electrons. The molecule has 3 rings (SSSR count). The summed E-state index contributed by atoms with van der Waals surface area (Å²) in [6, 6.07) is 4.37. The maximum absolute atomic E-state index is 10.8. The topological polar surface area (TPSA) is 167 Å². The van der Waals surface area contributed by atoms with Gasteiger partial charge >= 0.3 is 0 Å². The highest BCUT2D eigenvalue weighted by Crippen LogP contribution is 2.27. The van der Waals surface area contributed by atoms with Crippen molar-refractivity contribution in [2.75, 3.05) is 20.2 Å². The number of nitro benzene ring substituents is 1. The third kappa shape index (κ3) is 5.46. The Labute approximate surface area is 184 Å². The predicted octanol–water partition coefficient (Wildman–Crippen LogP) is -0.216. The minimum absolute atomic E-state index is 0.0924. The minimum atomic E-state index is -1.22. The van der Waals surface area contributed by atoms with E-state index in [-0.39, 0.29) is 17.8 Å². The molecule has 2 heterocycles. The van der Waals surface area contributed by atoms with Crippen LogP contribution in [0.1, 0.15) is 36.7 Å². The van der Waals surface area contributed by atoms with E-state index in [1.165, 1.54) is 28.9 Å². The number of nitrogens with zero attached hydrogens (tertiary/aromatic N) is 5. The summed E-state index contributed by atoms with van der Waals surface area (Å²) >= 11 is 0. The molecule has 1 saturated heterocycles. The van der Waals surface area contributed by atoms with Crippen molar-refractivity contribution in [3.05, 3.63) is 51.8 Å². The molecular weight excluding hydrogens is 422 g/mol. The van der Waals surface area contributed by atoms with Gasteiger partial charge in [0.05, 0.1) is 23.3 Å². The van der Waals surface area contributed by atoms with Gasteiger partial charge in [0.1, 0.15) is 18.2 Å². The van der Waals surface area contributed by atoms with Crippen molar-refractivity contribution in [1.82, 2.24) is 19.9 Å². The van der Waals surface area contributed by atoms with Gasteiger partial charge in [-0.3, -0.25) is 10.1 Å². The number of likely N-dealkylation sites (N-methyl/N-ethyl adjacent to an activating group) is 1. The number of benzene rings is 1. The molecule has 0 saturated carbocycles. The summed E-state index contributed by atoms with van der Waals surface area (Å²) in [6.07, 6.45) is -0.847. The fraction of sp³-hybridized carbons (Fsp3) is 0.600. The molecule has 0 amide bonds. The number of nitro groups is 1. The molecule has 12 nitrogen and oxygen atoms in total. The van der Waals surface area contributed by atoms with Crippen LogP contribution in [-0.2, 0) is 11.2 Å². The Kier molecular flexibility index (Phi) is 7.87. The number of hydrogen-bond acceptors (Lipinski definition) is 10. The quantitative estimate of drug-likeness (QED) is 0.296. The molecule has 1 aromatic carbocycles. The lowest BCUT2D eigenvalue weighted by atomic mass is 9.99. The van der Waals surface area contributed by atoms with Crippen LogP contribution in [0.15, 0.2) is 30.5 Å². The Bertz CT molecular complexity index is 893. The van der Waals surface area contributed by atoms with Crippen LogP contribution in [0.3, 0.4) is 0 Å². The number of aromatic nitrogens is 3. The highest BCUT2D eigenvalue weighted by atomic mass is 16.6. The van der Waals surface area contributed by atoms with E-state index in [2.05, 4.69) is 10.3 Å². The molecule has 2 aromatic rings. The maximum Gasteiger partial charge on any atom is 0.269 e. The average Bonchev–Trinajstić information content (AvgIpc) is 3.23. The largest absolute Gasteiger partial charge is 0.394 e. The zero-order valence-electron chi connectivity index (χ0n) is 17.9. The molecule has 0 unspecified atom stereocenters. The number of aliphatic hydroxyl groups is 4. The Hall–Kier alpha value is -2.48. The summed E-state index contributed by atoms with van der Waals surface area (Å²) < 4.78 is 6.60. The number of ether oxygens (including phenoxy) is 1. The smallest absolute Gasteiger partial charge is 0.269 e. The summed E-state index contributed by atoms with van der Waals surface area (Å²) in [5.74, 6) is 0. The molecule has 1 aromatic heterocycles. The summed E-state index contributed by atoms with van der Waals surface area (Å²) in [5.41, 5.74) is 0.944. The Morgan fingerprint density at radius 2 is 2.03 bits per heavy atom. The molecule has 0 bridgehead atoms. The van der Waals surface area contributed by atoms with E-state index in [1.54, 1.807) is 6.20 Å². The number of rotatable bonds is 9. The van der Waals surface area contributed by atoms with Gasteiger partial charge in [-0.25, -0.2) is 4.68 Å². The van der Waals surface area contributed by atoms with Gasteiger partial charge in [0.25, 0.3) is 5.69 Å². The third-order valence-electron chi connectivity index (χ3n) is 5.81. The highest BCUT2D eigenvalue weighted by molar-refractivity contribution is 5.34. The SMILES string of the molecule is C[C@@H]1C[C@H](N(C)CCc2cn([C@H](CO)[C@H](O)c3ccc([N+](=O)[O-])cc3)nn2)[C@@H](O)[C@H](O)O1. The zero-order valence-corrected chi connectivity index (χ0v) is 17.9. The second-order valence-electron chi connectivity index (χ2n) is 8.09. The fourth-order valence-corrected chi connectivity index (χ4v) is 3.87. The second-order valence-corrected chi connectivity index (χ2v) is 8.09. The summed E-state index contributed by atoms with van der Waals surface area (Å²) in [4.78, 5) is 12.2. The first kappa shape index (κ1) is 24.2. The van der Waals surface area contributed by atoms with Crippen molar-refractivity contribution >= 4 is 5.69 Å². The van der Waals surface area contributed by atoms with Crippen LogP contribution < -0.4 is 0 Å². The number of hydrogen-bond donors (Lipinski definition) is 4. The van der Waals surface area contributed by atoms with Crippen molar-refractivity contribution in [3.63, 3.8) is 0 Å². The van der Waals surface area contributed by atoms with E-state index in [9.17, 15) is 30.5 Å². The van der Waals surface area contributed by atoms with Crippen molar-refractivity contribution in [3.8, 4) is 0 Å². The van der Waals surface area contributed by atoms with Gasteiger partial charge in [0, 0.05) is 37.3 Å². The van der Waals surface area contributed by atoms with Crippen LogP contribution in [0.4, 0.5) is 5.69 Å². The van der Waals surface area contributed by atoms with E-state index in [1.807, 2.05) is 18.9 Å². The predicted molar refractivity (Wildman–Crippen MR) is 112 cm³/mol. The first-order valence-electron chi connectivity index (χ1n) is 10.4. The monoisotopic (exact) mass is 451 g/mol. The zero-order chi connectivity index (χ0) is 23.4. The summed E-state index contributed by atoms with van der Waals surface area (Å²) in [7, 11) is 1.85. The van der Waals surface area contributed by atoms with Gasteiger partial charge < -0.3 is 30.1 Å². The van der Waals surface area contributed by atoms with E-state index < -0.39 is 36.1 Å². The summed E-state index contributed by atoms with van der Waals surface area (Å²) in [6.45, 7) is 1.96. The normalized spacial score (nSPS) is 25.6. The van der Waals surface area contributed by atoms with E-state index >= 15 is 0 Å². The molecule has 0 spiro atoms. The van der Waals surface area contributed by atoms with Crippen molar-refractivity contribution in [2.24, 2.45) is 0 Å². The van der Waals surface area contributed by atoms with Crippen LogP contribution in [0.5, 0.6) is 0 Å².